The Morgan fingerprint density at radius 1 is 1.29 bits per heavy atom. The van der Waals surface area contributed by atoms with Crippen molar-refractivity contribution in [1.82, 2.24) is 15.2 Å². The van der Waals surface area contributed by atoms with Crippen molar-refractivity contribution in [2.75, 3.05) is 25.5 Å². The van der Waals surface area contributed by atoms with Gasteiger partial charge in [0.05, 0.1) is 0 Å². The fourth-order valence-corrected chi connectivity index (χ4v) is 4.65. The van der Waals surface area contributed by atoms with Crippen LogP contribution in [0.5, 0.6) is 0 Å². The van der Waals surface area contributed by atoms with Gasteiger partial charge in [-0.15, -0.1) is 0 Å². The maximum atomic E-state index is 11.7. The molecule has 1 amide bonds. The molecule has 3 heterocycles. The van der Waals surface area contributed by atoms with Crippen molar-refractivity contribution in [2.24, 2.45) is 5.41 Å². The highest BCUT2D eigenvalue weighted by atomic mass is 16.1. The van der Waals surface area contributed by atoms with Crippen LogP contribution >= 0.6 is 0 Å². The molecule has 158 valence electrons. The number of rotatable bonds is 4. The Bertz CT molecular complexity index is 1110. The summed E-state index contributed by atoms with van der Waals surface area (Å²) in [7, 11) is 1.61. The van der Waals surface area contributed by atoms with E-state index in [9.17, 15) is 9.59 Å². The number of amides is 1. The molecule has 1 aliphatic carbocycles. The molecule has 0 unspecified atom stereocenters. The van der Waals surface area contributed by atoms with Gasteiger partial charge in [0.2, 0.25) is 0 Å². The number of pyridine rings is 1. The van der Waals surface area contributed by atoms with Crippen molar-refractivity contribution in [2.45, 2.75) is 32.2 Å². The number of benzene rings is 1. The smallest absolute Gasteiger partial charge is 0.269 e. The summed E-state index contributed by atoms with van der Waals surface area (Å²) < 4.78 is 0. The van der Waals surface area contributed by atoms with Gasteiger partial charge in [-0.2, -0.15) is 0 Å². The van der Waals surface area contributed by atoms with Crippen molar-refractivity contribution in [1.29, 1.82) is 0 Å². The van der Waals surface area contributed by atoms with E-state index in [-0.39, 0.29) is 11.3 Å². The highest BCUT2D eigenvalue weighted by Crippen LogP contribution is 2.56. The van der Waals surface area contributed by atoms with E-state index in [2.05, 4.69) is 50.7 Å². The summed E-state index contributed by atoms with van der Waals surface area (Å²) in [6.45, 7) is 2.72. The van der Waals surface area contributed by atoms with Gasteiger partial charge in [0, 0.05) is 44.0 Å². The molecule has 2 aromatic rings. The highest BCUT2D eigenvalue weighted by molar-refractivity contribution is 5.92. The second-order valence-electron chi connectivity index (χ2n) is 8.78. The second-order valence-corrected chi connectivity index (χ2v) is 8.78. The lowest BCUT2D eigenvalue weighted by atomic mass is 9.88. The molecule has 0 bridgehead atoms. The molecule has 1 aromatic heterocycles. The zero-order valence-electron chi connectivity index (χ0n) is 17.7. The summed E-state index contributed by atoms with van der Waals surface area (Å²) in [5.74, 6) is 1.97. The van der Waals surface area contributed by atoms with E-state index < -0.39 is 0 Å². The minimum atomic E-state index is -0.169. The van der Waals surface area contributed by atoms with Crippen LogP contribution in [-0.2, 0) is 17.8 Å². The van der Waals surface area contributed by atoms with Crippen LogP contribution in [0.2, 0.25) is 0 Å². The second kappa shape index (κ2) is 7.80. The molecule has 3 aliphatic rings. The third-order valence-corrected chi connectivity index (χ3v) is 6.74. The fraction of sp³-hybridized carbons (Fsp3) is 0.360. The SMILES string of the molecule is CNC(=O)c1ccc(C2=CCN(Cc3ccc4c(c3)NC(=C=O)C3(CC3)C4)CC2)cn1. The molecule has 6 heteroatoms. The number of allylic oxidation sites excluding steroid dienone is 1. The van der Waals surface area contributed by atoms with Gasteiger partial charge >= 0.3 is 0 Å². The van der Waals surface area contributed by atoms with E-state index in [0.29, 0.717) is 5.69 Å². The van der Waals surface area contributed by atoms with Gasteiger partial charge in [0.15, 0.2) is 0 Å². The Balaban J connectivity index is 1.24. The van der Waals surface area contributed by atoms with Crippen LogP contribution < -0.4 is 10.6 Å². The number of nitrogens with one attached hydrogen (secondary N) is 2. The van der Waals surface area contributed by atoms with Crippen LogP contribution in [0.15, 0.2) is 48.3 Å². The number of anilines is 1. The van der Waals surface area contributed by atoms with E-state index in [4.69, 9.17) is 0 Å². The highest BCUT2D eigenvalue weighted by Gasteiger charge is 2.49. The largest absolute Gasteiger partial charge is 0.354 e. The van der Waals surface area contributed by atoms with Gasteiger partial charge in [0.1, 0.15) is 17.3 Å². The van der Waals surface area contributed by atoms with E-state index in [0.717, 1.165) is 62.3 Å². The predicted octanol–water partition coefficient (Wildman–Crippen LogP) is 3.19. The van der Waals surface area contributed by atoms with Crippen LogP contribution in [0, 0.1) is 5.41 Å². The first kappa shape index (κ1) is 19.7. The van der Waals surface area contributed by atoms with Gasteiger partial charge < -0.3 is 10.6 Å². The summed E-state index contributed by atoms with van der Waals surface area (Å²) in [6, 6.07) is 10.4. The van der Waals surface area contributed by atoms with Crippen LogP contribution in [-0.4, -0.2) is 41.9 Å². The minimum absolute atomic E-state index is 0.0394. The normalized spacial score (nSPS) is 19.1. The number of aromatic nitrogens is 1. The Kier molecular flexibility index (Phi) is 4.97. The van der Waals surface area contributed by atoms with E-state index in [1.165, 1.54) is 16.7 Å². The molecule has 0 atom stereocenters. The molecule has 1 fully saturated rings. The summed E-state index contributed by atoms with van der Waals surface area (Å²) in [6.07, 6.45) is 8.09. The topological polar surface area (TPSA) is 74.3 Å². The molecule has 6 nitrogen and oxygen atoms in total. The lowest BCUT2D eigenvalue weighted by molar-refractivity contribution is 0.0958. The van der Waals surface area contributed by atoms with Crippen LogP contribution in [0.4, 0.5) is 5.69 Å². The number of carbonyl (C=O) groups is 1. The molecule has 1 aromatic carbocycles. The molecular weight excluding hydrogens is 388 g/mol. The molecule has 0 saturated heterocycles. The van der Waals surface area contributed by atoms with Gasteiger partial charge in [-0.3, -0.25) is 14.7 Å². The standard InChI is InChI=1S/C25H26N4O2/c1-26-24(31)21-5-4-20(14-27-21)18-6-10-29(11-7-18)15-17-2-3-19-13-25(8-9-25)23(16-30)28-22(19)12-17/h2-6,12,14,28H,7-11,13,15H2,1H3,(H,26,31). The van der Waals surface area contributed by atoms with E-state index in [1.807, 2.05) is 6.07 Å². The van der Waals surface area contributed by atoms with Crippen molar-refractivity contribution in [3.63, 3.8) is 0 Å². The van der Waals surface area contributed by atoms with Crippen molar-refractivity contribution < 1.29 is 9.59 Å². The third-order valence-electron chi connectivity index (χ3n) is 6.74. The van der Waals surface area contributed by atoms with Crippen LogP contribution in [0.1, 0.15) is 46.4 Å². The number of fused-ring (bicyclic) bond motifs is 1. The number of carbonyl (C=O) groups excluding carboxylic acids is 2. The molecule has 1 spiro atoms. The quantitative estimate of drug-likeness (QED) is 0.752. The van der Waals surface area contributed by atoms with Gasteiger partial charge in [-0.1, -0.05) is 24.3 Å². The molecule has 2 N–H and O–H groups in total. The maximum absolute atomic E-state index is 11.7. The molecule has 2 aliphatic heterocycles. The molecular formula is C25H26N4O2. The van der Waals surface area contributed by atoms with E-state index >= 15 is 0 Å². The fourth-order valence-electron chi connectivity index (χ4n) is 4.65. The molecule has 5 rings (SSSR count). The Morgan fingerprint density at radius 2 is 2.16 bits per heavy atom. The number of nitrogens with zero attached hydrogens (tertiary/aromatic N) is 2. The third kappa shape index (κ3) is 3.80. The van der Waals surface area contributed by atoms with Gasteiger partial charge in [0.25, 0.3) is 5.91 Å². The number of hydrogen-bond donors (Lipinski definition) is 2. The van der Waals surface area contributed by atoms with Crippen molar-refractivity contribution in [3.05, 3.63) is 70.7 Å². The van der Waals surface area contributed by atoms with Crippen molar-refractivity contribution >= 4 is 23.1 Å². The monoisotopic (exact) mass is 414 g/mol. The lowest BCUT2D eigenvalue weighted by Crippen LogP contribution is -2.28. The molecule has 31 heavy (non-hydrogen) atoms. The van der Waals surface area contributed by atoms with Crippen LogP contribution in [0.3, 0.4) is 0 Å². The van der Waals surface area contributed by atoms with Gasteiger partial charge in [-0.05, 0) is 60.1 Å². The Morgan fingerprint density at radius 3 is 2.81 bits per heavy atom. The Labute approximate surface area is 182 Å². The van der Waals surface area contributed by atoms with Crippen LogP contribution in [0.25, 0.3) is 5.57 Å². The zero-order valence-corrected chi connectivity index (χ0v) is 17.7. The first-order valence-electron chi connectivity index (χ1n) is 10.8. The van der Waals surface area contributed by atoms with E-state index in [1.54, 1.807) is 19.3 Å². The first-order valence-corrected chi connectivity index (χ1v) is 10.8. The van der Waals surface area contributed by atoms with Crippen molar-refractivity contribution in [3.8, 4) is 0 Å². The summed E-state index contributed by atoms with van der Waals surface area (Å²) in [5, 5.41) is 5.94. The van der Waals surface area contributed by atoms with Gasteiger partial charge in [-0.25, -0.2) is 4.79 Å². The maximum Gasteiger partial charge on any atom is 0.269 e. The summed E-state index contributed by atoms with van der Waals surface area (Å²) >= 11 is 0. The minimum Gasteiger partial charge on any atom is -0.354 e. The first-order chi connectivity index (χ1) is 15.1. The summed E-state index contributed by atoms with van der Waals surface area (Å²) in [5.41, 5.74) is 7.17. The average Bonchev–Trinajstić information content (AvgIpc) is 3.58. The predicted molar refractivity (Wildman–Crippen MR) is 120 cm³/mol. The lowest BCUT2D eigenvalue weighted by Gasteiger charge is -2.29. The zero-order chi connectivity index (χ0) is 21.4. The molecule has 1 saturated carbocycles. The molecule has 0 radical (unpaired) electrons. The Hall–Kier alpha value is -3.21. The summed E-state index contributed by atoms with van der Waals surface area (Å²) in [4.78, 5) is 29.7. The number of hydrogen-bond acceptors (Lipinski definition) is 5. The average molecular weight is 415 g/mol.